The van der Waals surface area contributed by atoms with Crippen molar-refractivity contribution in [2.75, 3.05) is 0 Å². The van der Waals surface area contributed by atoms with Gasteiger partial charge in [0.15, 0.2) is 0 Å². The van der Waals surface area contributed by atoms with Gasteiger partial charge in [0, 0.05) is 0 Å². The first-order valence-corrected chi connectivity index (χ1v) is 2.58. The van der Waals surface area contributed by atoms with E-state index in [0.717, 1.165) is 12.1 Å². The summed E-state index contributed by atoms with van der Waals surface area (Å²) in [6.45, 7) is 6.44. The monoisotopic (exact) mass is 136 g/mol. The summed E-state index contributed by atoms with van der Waals surface area (Å²) in [4.78, 5) is 2.85. The highest BCUT2D eigenvalue weighted by Crippen LogP contribution is 2.19. The van der Waals surface area contributed by atoms with Gasteiger partial charge in [-0.05, 0) is 6.07 Å². The van der Waals surface area contributed by atoms with Gasteiger partial charge in [0.05, 0.1) is 6.57 Å². The van der Waals surface area contributed by atoms with Crippen LogP contribution in [0.3, 0.4) is 0 Å². The van der Waals surface area contributed by atoms with Crippen LogP contribution in [0.1, 0.15) is 0 Å². The van der Waals surface area contributed by atoms with Crippen molar-refractivity contribution in [2.45, 2.75) is 0 Å². The van der Waals surface area contributed by atoms with E-state index in [4.69, 9.17) is 6.57 Å². The van der Waals surface area contributed by atoms with Crippen LogP contribution in [0.4, 0.5) is 10.1 Å². The molecule has 1 rings (SSSR count). The standard InChI is InChI=1S/C7H4FNO/c1-9-7-3-2-5(10)4-6(7)8/h2-4,10H/p-1. The van der Waals surface area contributed by atoms with Crippen molar-refractivity contribution in [1.82, 2.24) is 0 Å². The molecule has 1 aromatic rings. The van der Waals surface area contributed by atoms with E-state index in [-0.39, 0.29) is 5.69 Å². The number of halogens is 1. The fraction of sp³-hybridized carbons (Fsp3) is 0. The third-order valence-corrected chi connectivity index (χ3v) is 1.04. The minimum atomic E-state index is -0.748. The smallest absolute Gasteiger partial charge is 0.222 e. The summed E-state index contributed by atoms with van der Waals surface area (Å²) in [6, 6.07) is 3.13. The van der Waals surface area contributed by atoms with E-state index in [2.05, 4.69) is 4.85 Å². The third kappa shape index (κ3) is 1.06. The Balaban J connectivity index is 3.23. The Morgan fingerprint density at radius 3 is 2.70 bits per heavy atom. The van der Waals surface area contributed by atoms with Crippen molar-refractivity contribution in [2.24, 2.45) is 0 Å². The fourth-order valence-corrected chi connectivity index (χ4v) is 0.578. The first kappa shape index (κ1) is 6.56. The quantitative estimate of drug-likeness (QED) is 0.496. The Kier molecular flexibility index (Phi) is 1.55. The Labute approximate surface area is 57.4 Å². The minimum Gasteiger partial charge on any atom is -0.872 e. The molecule has 2 nitrogen and oxygen atoms in total. The van der Waals surface area contributed by atoms with E-state index in [1.54, 1.807) is 0 Å². The first-order chi connectivity index (χ1) is 4.74. The Morgan fingerprint density at radius 1 is 1.50 bits per heavy atom. The molecule has 0 radical (unpaired) electrons. The lowest BCUT2D eigenvalue weighted by atomic mass is 10.3. The van der Waals surface area contributed by atoms with E-state index in [9.17, 15) is 9.50 Å². The van der Waals surface area contributed by atoms with Crippen molar-refractivity contribution in [3.8, 4) is 5.75 Å². The summed E-state index contributed by atoms with van der Waals surface area (Å²) in [7, 11) is 0. The molecule has 0 aliphatic heterocycles. The molecule has 0 unspecified atom stereocenters. The number of hydrogen-bond donors (Lipinski definition) is 0. The summed E-state index contributed by atoms with van der Waals surface area (Å²) in [6.07, 6.45) is 0. The molecule has 50 valence electrons. The van der Waals surface area contributed by atoms with Gasteiger partial charge >= 0.3 is 0 Å². The summed E-state index contributed by atoms with van der Waals surface area (Å²) in [5, 5.41) is 10.4. The van der Waals surface area contributed by atoms with Crippen LogP contribution < -0.4 is 5.11 Å². The molecule has 0 atom stereocenters. The largest absolute Gasteiger partial charge is 0.872 e. The summed E-state index contributed by atoms with van der Waals surface area (Å²) >= 11 is 0. The molecule has 0 aliphatic carbocycles. The average Bonchev–Trinajstić information content (AvgIpc) is 1.88. The van der Waals surface area contributed by atoms with Gasteiger partial charge in [0.2, 0.25) is 5.69 Å². The van der Waals surface area contributed by atoms with Gasteiger partial charge in [-0.1, -0.05) is 12.1 Å². The van der Waals surface area contributed by atoms with Crippen LogP contribution in [0.25, 0.3) is 4.85 Å². The van der Waals surface area contributed by atoms with Crippen molar-refractivity contribution in [1.29, 1.82) is 0 Å². The molecule has 0 aromatic heterocycles. The average molecular weight is 136 g/mol. The predicted molar refractivity (Wildman–Crippen MR) is 32.1 cm³/mol. The van der Waals surface area contributed by atoms with E-state index < -0.39 is 11.6 Å². The molecule has 0 saturated carbocycles. The molecule has 0 heterocycles. The SMILES string of the molecule is [C-]#[N+]c1ccc([O-])cc1F. The second kappa shape index (κ2) is 2.36. The maximum atomic E-state index is 12.4. The van der Waals surface area contributed by atoms with Gasteiger partial charge in [0.25, 0.3) is 0 Å². The molecule has 0 aliphatic rings. The highest BCUT2D eigenvalue weighted by molar-refractivity contribution is 5.48. The second-order valence-corrected chi connectivity index (χ2v) is 1.73. The molecular formula is C7H3FNO-. The lowest BCUT2D eigenvalue weighted by Gasteiger charge is -2.03. The van der Waals surface area contributed by atoms with Crippen molar-refractivity contribution in [3.05, 3.63) is 35.4 Å². The lowest BCUT2D eigenvalue weighted by Crippen LogP contribution is -1.88. The van der Waals surface area contributed by atoms with Gasteiger partial charge in [-0.15, -0.1) is 5.75 Å². The molecule has 0 amide bonds. The topological polar surface area (TPSA) is 27.4 Å². The lowest BCUT2D eigenvalue weighted by molar-refractivity contribution is -0.268. The van der Waals surface area contributed by atoms with Crippen LogP contribution in [0.5, 0.6) is 5.75 Å². The van der Waals surface area contributed by atoms with Crippen LogP contribution in [0.15, 0.2) is 18.2 Å². The zero-order valence-electron chi connectivity index (χ0n) is 4.97. The predicted octanol–water partition coefficient (Wildman–Crippen LogP) is 1.45. The van der Waals surface area contributed by atoms with Gasteiger partial charge in [-0.25, -0.2) is 9.24 Å². The van der Waals surface area contributed by atoms with Crippen LogP contribution >= 0.6 is 0 Å². The van der Waals surface area contributed by atoms with E-state index in [1.807, 2.05) is 0 Å². The molecule has 0 fully saturated rings. The molecule has 0 saturated heterocycles. The van der Waals surface area contributed by atoms with Crippen molar-refractivity contribution < 1.29 is 9.50 Å². The van der Waals surface area contributed by atoms with E-state index in [1.165, 1.54) is 6.07 Å². The number of hydrogen-bond acceptors (Lipinski definition) is 1. The van der Waals surface area contributed by atoms with Crippen LogP contribution in [-0.4, -0.2) is 0 Å². The Bertz CT molecular complexity index is 290. The molecule has 0 spiro atoms. The van der Waals surface area contributed by atoms with E-state index >= 15 is 0 Å². The van der Waals surface area contributed by atoms with Crippen molar-refractivity contribution in [3.63, 3.8) is 0 Å². The number of rotatable bonds is 0. The maximum absolute atomic E-state index is 12.4. The van der Waals surface area contributed by atoms with Crippen molar-refractivity contribution >= 4 is 5.69 Å². The molecule has 10 heavy (non-hydrogen) atoms. The Morgan fingerprint density at radius 2 is 2.20 bits per heavy atom. The van der Waals surface area contributed by atoms with Crippen LogP contribution in [-0.2, 0) is 0 Å². The highest BCUT2D eigenvalue weighted by atomic mass is 19.1. The Hall–Kier alpha value is -1.56. The van der Waals surface area contributed by atoms with Gasteiger partial charge < -0.3 is 5.11 Å². The van der Waals surface area contributed by atoms with Gasteiger partial charge in [0.1, 0.15) is 5.82 Å². The molecular weight excluding hydrogens is 133 g/mol. The summed E-state index contributed by atoms with van der Waals surface area (Å²) in [5.41, 5.74) is -0.111. The number of benzene rings is 1. The normalized spacial score (nSPS) is 8.80. The third-order valence-electron chi connectivity index (χ3n) is 1.04. The van der Waals surface area contributed by atoms with Crippen LogP contribution in [0, 0.1) is 12.4 Å². The summed E-state index contributed by atoms with van der Waals surface area (Å²) in [5.74, 6) is -1.16. The summed E-state index contributed by atoms with van der Waals surface area (Å²) < 4.78 is 12.4. The van der Waals surface area contributed by atoms with Gasteiger partial charge in [-0.2, -0.15) is 0 Å². The minimum absolute atomic E-state index is 0.111. The zero-order chi connectivity index (χ0) is 7.56. The van der Waals surface area contributed by atoms with E-state index in [0.29, 0.717) is 0 Å². The highest BCUT2D eigenvalue weighted by Gasteiger charge is 1.96. The molecule has 3 heteroatoms. The van der Waals surface area contributed by atoms with Gasteiger partial charge in [-0.3, -0.25) is 0 Å². The first-order valence-electron chi connectivity index (χ1n) is 2.58. The molecule has 1 aromatic carbocycles. The maximum Gasteiger partial charge on any atom is 0.222 e. The fourth-order valence-electron chi connectivity index (χ4n) is 0.578. The second-order valence-electron chi connectivity index (χ2n) is 1.73. The molecule has 0 bridgehead atoms. The van der Waals surface area contributed by atoms with Crippen LogP contribution in [0.2, 0.25) is 0 Å². The number of nitrogens with zero attached hydrogens (tertiary/aromatic N) is 1. The molecule has 0 N–H and O–H groups in total. The zero-order valence-corrected chi connectivity index (χ0v) is 4.97.